The molecule has 0 bridgehead atoms. The molecule has 0 spiro atoms. The first kappa shape index (κ1) is 32.6. The average Bonchev–Trinajstić information content (AvgIpc) is 3.99. The second-order valence-corrected chi connectivity index (χ2v) is 12.8. The molecule has 3 unspecified atom stereocenters. The van der Waals surface area contributed by atoms with Crippen LogP contribution < -0.4 is 16.0 Å². The Morgan fingerprint density at radius 3 is 2.20 bits per heavy atom. The highest BCUT2D eigenvalue weighted by molar-refractivity contribution is 6.01. The van der Waals surface area contributed by atoms with Crippen molar-refractivity contribution in [1.82, 2.24) is 30.2 Å². The highest BCUT2D eigenvalue weighted by atomic mass is 19.1. The van der Waals surface area contributed by atoms with Crippen molar-refractivity contribution in [2.24, 2.45) is 17.8 Å². The fourth-order valence-electron chi connectivity index (χ4n) is 6.44. The zero-order valence-electron chi connectivity index (χ0n) is 26.7. The van der Waals surface area contributed by atoms with Gasteiger partial charge in [-0.05, 0) is 81.2 Å². The normalized spacial score (nSPS) is 19.1. The van der Waals surface area contributed by atoms with E-state index in [9.17, 15) is 19.2 Å². The molecule has 12 heteroatoms. The third-order valence-corrected chi connectivity index (χ3v) is 9.53. The van der Waals surface area contributed by atoms with Gasteiger partial charge in [-0.2, -0.15) is 5.10 Å². The number of carbonyl (C=O) groups is 4. The summed E-state index contributed by atoms with van der Waals surface area (Å²) in [5.41, 5.74) is 0.903. The van der Waals surface area contributed by atoms with Crippen LogP contribution in [0, 0.1) is 23.6 Å². The Bertz CT molecular complexity index is 1390. The molecule has 45 heavy (non-hydrogen) atoms. The maximum Gasteiger partial charge on any atom is 0.270 e. The van der Waals surface area contributed by atoms with Gasteiger partial charge in [-0.15, -0.1) is 0 Å². The summed E-state index contributed by atoms with van der Waals surface area (Å²) in [6.45, 7) is 8.51. The summed E-state index contributed by atoms with van der Waals surface area (Å²) in [4.78, 5) is 56.9. The topological polar surface area (TPSA) is 129 Å². The Morgan fingerprint density at radius 2 is 1.62 bits per heavy atom. The number of anilines is 1. The molecular formula is C33H46FN7O4. The molecule has 2 saturated carbocycles. The first-order valence-corrected chi connectivity index (χ1v) is 16.3. The van der Waals surface area contributed by atoms with E-state index < -0.39 is 29.7 Å². The van der Waals surface area contributed by atoms with E-state index in [1.54, 1.807) is 41.8 Å². The maximum atomic E-state index is 15.7. The van der Waals surface area contributed by atoms with Gasteiger partial charge in [0.1, 0.15) is 23.6 Å². The van der Waals surface area contributed by atoms with Crippen LogP contribution in [0.3, 0.4) is 0 Å². The van der Waals surface area contributed by atoms with Crippen LogP contribution in [-0.2, 0) is 20.9 Å². The molecule has 2 aromatic rings. The van der Waals surface area contributed by atoms with Crippen LogP contribution in [0.15, 0.2) is 30.5 Å². The molecule has 3 N–H and O–H groups in total. The van der Waals surface area contributed by atoms with Gasteiger partial charge in [0.25, 0.3) is 5.91 Å². The first-order chi connectivity index (χ1) is 21.6. The van der Waals surface area contributed by atoms with Crippen molar-refractivity contribution in [1.29, 1.82) is 0 Å². The van der Waals surface area contributed by atoms with Crippen molar-refractivity contribution in [2.45, 2.75) is 77.4 Å². The van der Waals surface area contributed by atoms with Gasteiger partial charge in [0.2, 0.25) is 17.7 Å². The Kier molecular flexibility index (Phi) is 10.2. The van der Waals surface area contributed by atoms with E-state index in [-0.39, 0.29) is 35.7 Å². The van der Waals surface area contributed by atoms with Gasteiger partial charge in [-0.1, -0.05) is 19.9 Å². The van der Waals surface area contributed by atoms with Crippen molar-refractivity contribution < 1.29 is 23.6 Å². The molecule has 1 aromatic carbocycles. The van der Waals surface area contributed by atoms with E-state index in [0.29, 0.717) is 42.7 Å². The van der Waals surface area contributed by atoms with E-state index in [4.69, 9.17) is 0 Å². The second-order valence-electron chi connectivity index (χ2n) is 12.8. The minimum Gasteiger partial charge on any atom is -0.344 e. The fraction of sp³-hybridized carbons (Fsp3) is 0.606. The zero-order valence-corrected chi connectivity index (χ0v) is 26.7. The van der Waals surface area contributed by atoms with Gasteiger partial charge >= 0.3 is 0 Å². The summed E-state index contributed by atoms with van der Waals surface area (Å²) >= 11 is 0. The summed E-state index contributed by atoms with van der Waals surface area (Å²) < 4.78 is 17.2. The van der Waals surface area contributed by atoms with Gasteiger partial charge < -0.3 is 25.8 Å². The number of hydrogen-bond donors (Lipinski definition) is 3. The van der Waals surface area contributed by atoms with E-state index >= 15 is 4.39 Å². The highest BCUT2D eigenvalue weighted by Crippen LogP contribution is 2.51. The lowest BCUT2D eigenvalue weighted by atomic mass is 9.88. The third kappa shape index (κ3) is 7.71. The molecule has 1 aromatic heterocycles. The summed E-state index contributed by atoms with van der Waals surface area (Å²) in [6.07, 6.45) is 5.82. The molecule has 1 aliphatic heterocycles. The number of piperazine rings is 1. The minimum absolute atomic E-state index is 0.00122. The van der Waals surface area contributed by atoms with Crippen LogP contribution in [0.1, 0.15) is 74.8 Å². The van der Waals surface area contributed by atoms with Gasteiger partial charge in [-0.3, -0.25) is 23.9 Å². The van der Waals surface area contributed by atoms with Crippen LogP contribution >= 0.6 is 0 Å². The molecule has 3 atom stereocenters. The Balaban J connectivity index is 1.33. The number of nitrogens with one attached hydrogen (secondary N) is 3. The van der Waals surface area contributed by atoms with Gasteiger partial charge in [0.05, 0.1) is 5.69 Å². The molecule has 4 amide bonds. The molecule has 3 aliphatic rings. The van der Waals surface area contributed by atoms with Crippen LogP contribution in [0.4, 0.5) is 10.1 Å². The van der Waals surface area contributed by atoms with E-state index in [1.165, 1.54) is 12.1 Å². The number of carbonyl (C=O) groups excluding carboxylic acids is 4. The first-order valence-electron chi connectivity index (χ1n) is 16.3. The van der Waals surface area contributed by atoms with Crippen LogP contribution in [0.2, 0.25) is 0 Å². The fourth-order valence-corrected chi connectivity index (χ4v) is 6.44. The monoisotopic (exact) mass is 623 g/mol. The number of aryl methyl sites for hydroxylation is 1. The Hall–Kier alpha value is -3.80. The van der Waals surface area contributed by atoms with E-state index in [1.807, 2.05) is 14.0 Å². The molecule has 11 nitrogen and oxygen atoms in total. The molecule has 1 saturated heterocycles. The Morgan fingerprint density at radius 1 is 0.956 bits per heavy atom. The number of halogens is 1. The summed E-state index contributed by atoms with van der Waals surface area (Å²) in [7, 11) is 2.00. The number of benzene rings is 1. The lowest BCUT2D eigenvalue weighted by molar-refractivity contribution is -0.138. The molecule has 5 rings (SSSR count). The van der Waals surface area contributed by atoms with Gasteiger partial charge in [0.15, 0.2) is 0 Å². The SMILES string of the molecule is CCC(=O)NC(C(=O)N1CCN(C)CC1)C(C)c1ccc(NC(=O)C(NC(=O)c2ccnn2CC)C(C2CC2)C2CC2)c(F)c1. The number of rotatable bonds is 13. The summed E-state index contributed by atoms with van der Waals surface area (Å²) in [5.74, 6) is -1.75. The lowest BCUT2D eigenvalue weighted by Gasteiger charge is -2.36. The summed E-state index contributed by atoms with van der Waals surface area (Å²) in [5, 5.41) is 12.8. The van der Waals surface area contributed by atoms with Crippen molar-refractivity contribution >= 4 is 29.3 Å². The largest absolute Gasteiger partial charge is 0.344 e. The zero-order chi connectivity index (χ0) is 32.2. The predicted octanol–water partition coefficient (Wildman–Crippen LogP) is 2.99. The van der Waals surface area contributed by atoms with Gasteiger partial charge in [0, 0.05) is 51.3 Å². The van der Waals surface area contributed by atoms with Crippen molar-refractivity contribution in [3.05, 3.63) is 47.5 Å². The number of amides is 4. The van der Waals surface area contributed by atoms with Crippen LogP contribution in [0.25, 0.3) is 0 Å². The quantitative estimate of drug-likeness (QED) is 0.315. The minimum atomic E-state index is -0.852. The molecule has 3 fully saturated rings. The summed E-state index contributed by atoms with van der Waals surface area (Å²) in [6, 6.07) is 4.45. The number of hydrogen-bond acceptors (Lipinski definition) is 6. The third-order valence-electron chi connectivity index (χ3n) is 9.53. The average molecular weight is 624 g/mol. The van der Waals surface area contributed by atoms with Crippen molar-refractivity contribution in [3.63, 3.8) is 0 Å². The van der Waals surface area contributed by atoms with E-state index in [0.717, 1.165) is 38.8 Å². The highest BCUT2D eigenvalue weighted by Gasteiger charge is 2.48. The number of likely N-dealkylation sites (N-methyl/N-ethyl adjacent to an activating group) is 1. The standard InChI is InChI=1S/C33H46FN7O4/c1-5-27(42)37-29(33(45)40-17-15-39(4)16-18-40)20(3)23-11-12-25(24(34)19-23)36-32(44)30(28(21-7-8-21)22-9-10-22)38-31(43)26-13-14-35-41(26)6-2/h11-14,19-22,28-30H,5-10,15-18H2,1-4H3,(H,36,44)(H,37,42)(H,38,43). The smallest absolute Gasteiger partial charge is 0.270 e. The van der Waals surface area contributed by atoms with Crippen molar-refractivity contribution in [2.75, 3.05) is 38.5 Å². The number of nitrogens with zero attached hydrogens (tertiary/aromatic N) is 4. The van der Waals surface area contributed by atoms with Crippen LogP contribution in [0.5, 0.6) is 0 Å². The van der Waals surface area contributed by atoms with Gasteiger partial charge in [-0.25, -0.2) is 4.39 Å². The molecule has 2 heterocycles. The number of aromatic nitrogens is 2. The lowest BCUT2D eigenvalue weighted by Crippen LogP contribution is -2.55. The molecule has 2 aliphatic carbocycles. The van der Waals surface area contributed by atoms with Crippen molar-refractivity contribution in [3.8, 4) is 0 Å². The molecule has 0 radical (unpaired) electrons. The second kappa shape index (κ2) is 14.1. The Labute approximate surface area is 264 Å². The van der Waals surface area contributed by atoms with Crippen LogP contribution in [-0.4, -0.2) is 88.5 Å². The molecular weight excluding hydrogens is 577 g/mol. The predicted molar refractivity (Wildman–Crippen MR) is 168 cm³/mol. The molecule has 244 valence electrons. The van der Waals surface area contributed by atoms with E-state index in [2.05, 4.69) is 25.9 Å². The maximum absolute atomic E-state index is 15.7.